The molecule has 2 aromatic heterocycles. The second-order valence-electron chi connectivity index (χ2n) is 9.50. The summed E-state index contributed by atoms with van der Waals surface area (Å²) < 4.78 is 6.15. The van der Waals surface area contributed by atoms with Crippen LogP contribution in [0.2, 0.25) is 5.02 Å². The van der Waals surface area contributed by atoms with E-state index in [2.05, 4.69) is 41.1 Å². The largest absolute Gasteiger partial charge is 0.453 e. The topological polar surface area (TPSA) is 137 Å². The number of hydrogen-bond acceptors (Lipinski definition) is 8. The zero-order chi connectivity index (χ0) is 30.2. The minimum Gasteiger partial charge on any atom is -0.453 e. The lowest BCUT2D eigenvalue weighted by Crippen LogP contribution is -2.29. The van der Waals surface area contributed by atoms with Crippen molar-refractivity contribution >= 4 is 35.4 Å². The maximum atomic E-state index is 13.3. The van der Waals surface area contributed by atoms with Crippen molar-refractivity contribution in [1.82, 2.24) is 35.7 Å². The first-order valence-electron chi connectivity index (χ1n) is 13.2. The molecule has 2 heterocycles. The van der Waals surface area contributed by atoms with Crippen LogP contribution < -0.4 is 10.6 Å². The Morgan fingerprint density at radius 1 is 1.02 bits per heavy atom. The van der Waals surface area contributed by atoms with E-state index in [0.29, 0.717) is 34.1 Å². The van der Waals surface area contributed by atoms with Crippen LogP contribution in [0.1, 0.15) is 28.6 Å². The molecule has 0 saturated carbocycles. The predicted molar refractivity (Wildman–Crippen MR) is 162 cm³/mol. The van der Waals surface area contributed by atoms with Crippen LogP contribution in [0, 0.1) is 6.92 Å². The third kappa shape index (κ3) is 7.46. The number of halogens is 1. The predicted octanol–water partition coefficient (Wildman–Crippen LogP) is 5.37. The van der Waals surface area contributed by atoms with Crippen molar-refractivity contribution in [1.29, 1.82) is 0 Å². The van der Waals surface area contributed by atoms with Crippen molar-refractivity contribution in [2.75, 3.05) is 12.4 Å². The highest BCUT2D eigenvalue weighted by Gasteiger charge is 2.19. The van der Waals surface area contributed by atoms with Crippen LogP contribution >= 0.6 is 11.6 Å². The van der Waals surface area contributed by atoms with Gasteiger partial charge in [0.05, 0.1) is 30.2 Å². The Kier molecular flexibility index (Phi) is 9.13. The van der Waals surface area contributed by atoms with Gasteiger partial charge in [-0.05, 0) is 77.4 Å². The first kappa shape index (κ1) is 29.1. The zero-order valence-corrected chi connectivity index (χ0v) is 24.1. The van der Waals surface area contributed by atoms with Crippen LogP contribution in [-0.4, -0.2) is 49.5 Å². The van der Waals surface area contributed by atoms with Gasteiger partial charge in [-0.3, -0.25) is 10.1 Å². The molecule has 0 aliphatic carbocycles. The number of nitrogens with zero attached hydrogens (tertiary/aromatic N) is 6. The molecule has 12 heteroatoms. The lowest BCUT2D eigenvalue weighted by atomic mass is 9.98. The molecule has 216 valence electrons. The summed E-state index contributed by atoms with van der Waals surface area (Å²) >= 11 is 6.23. The average Bonchev–Trinajstić information content (AvgIpc) is 3.56. The number of benzene rings is 3. The molecular formula is C31H27ClN8O3. The van der Waals surface area contributed by atoms with E-state index in [1.54, 1.807) is 36.4 Å². The van der Waals surface area contributed by atoms with Crippen molar-refractivity contribution in [3.8, 4) is 16.8 Å². The van der Waals surface area contributed by atoms with Gasteiger partial charge in [-0.15, -0.1) is 5.10 Å². The van der Waals surface area contributed by atoms with Gasteiger partial charge in [0, 0.05) is 27.9 Å². The van der Waals surface area contributed by atoms with E-state index in [9.17, 15) is 9.59 Å². The zero-order valence-electron chi connectivity index (χ0n) is 23.3. The van der Waals surface area contributed by atoms with Crippen molar-refractivity contribution in [3.63, 3.8) is 0 Å². The van der Waals surface area contributed by atoms with Gasteiger partial charge in [0.15, 0.2) is 0 Å². The Morgan fingerprint density at radius 3 is 2.53 bits per heavy atom. The van der Waals surface area contributed by atoms with E-state index in [0.717, 1.165) is 22.4 Å². The van der Waals surface area contributed by atoms with Crippen molar-refractivity contribution in [3.05, 3.63) is 119 Å². The number of ether oxygens (including phenoxy) is 1. The van der Waals surface area contributed by atoms with Crippen LogP contribution in [0.3, 0.4) is 0 Å². The quantitative estimate of drug-likeness (QED) is 0.217. The van der Waals surface area contributed by atoms with Gasteiger partial charge in [0.25, 0.3) is 0 Å². The Labute approximate surface area is 252 Å². The Hall–Kier alpha value is -5.42. The van der Waals surface area contributed by atoms with Gasteiger partial charge < -0.3 is 10.1 Å². The summed E-state index contributed by atoms with van der Waals surface area (Å²) in [4.78, 5) is 24.8. The van der Waals surface area contributed by atoms with E-state index in [-0.39, 0.29) is 5.91 Å². The lowest BCUT2D eigenvalue weighted by Gasteiger charge is -2.19. The third-order valence-corrected chi connectivity index (χ3v) is 6.82. The SMILES string of the molecule is COC(=O)Nc1ccc(-c2cc([C@H](Cc3ccccc3)NC(=O)/C=C/c3cc(Cl)ccc3-n3cnnn3)nnc2C)cc1. The molecule has 0 bridgehead atoms. The number of amides is 2. The van der Waals surface area contributed by atoms with E-state index in [1.165, 1.54) is 24.2 Å². The molecule has 5 rings (SSSR count). The molecule has 2 N–H and O–H groups in total. The number of carbonyl (C=O) groups excluding carboxylic acids is 2. The normalized spacial score (nSPS) is 11.7. The highest BCUT2D eigenvalue weighted by Crippen LogP contribution is 2.27. The monoisotopic (exact) mass is 594 g/mol. The number of tetrazole rings is 1. The lowest BCUT2D eigenvalue weighted by molar-refractivity contribution is -0.117. The second kappa shape index (κ2) is 13.5. The maximum absolute atomic E-state index is 13.3. The number of carbonyl (C=O) groups is 2. The highest BCUT2D eigenvalue weighted by molar-refractivity contribution is 6.30. The summed E-state index contributed by atoms with van der Waals surface area (Å²) in [5.74, 6) is -0.328. The van der Waals surface area contributed by atoms with Gasteiger partial charge in [0.2, 0.25) is 5.91 Å². The average molecular weight is 595 g/mol. The molecule has 3 aromatic carbocycles. The van der Waals surface area contributed by atoms with E-state index in [1.807, 2.05) is 55.5 Å². The number of anilines is 1. The first-order valence-corrected chi connectivity index (χ1v) is 13.6. The van der Waals surface area contributed by atoms with Gasteiger partial charge in [-0.1, -0.05) is 54.1 Å². The van der Waals surface area contributed by atoms with Crippen LogP contribution in [-0.2, 0) is 16.0 Å². The number of aromatic nitrogens is 6. The number of aryl methyl sites for hydroxylation is 1. The van der Waals surface area contributed by atoms with Gasteiger partial charge >= 0.3 is 6.09 Å². The van der Waals surface area contributed by atoms with Crippen molar-refractivity contribution in [2.45, 2.75) is 19.4 Å². The molecule has 5 aromatic rings. The summed E-state index contributed by atoms with van der Waals surface area (Å²) in [5.41, 5.74) is 6.00. The summed E-state index contributed by atoms with van der Waals surface area (Å²) in [6, 6.07) is 23.8. The van der Waals surface area contributed by atoms with Gasteiger partial charge in [0.1, 0.15) is 6.33 Å². The van der Waals surface area contributed by atoms with Crippen molar-refractivity contribution < 1.29 is 14.3 Å². The maximum Gasteiger partial charge on any atom is 0.411 e. The highest BCUT2D eigenvalue weighted by atomic mass is 35.5. The number of methoxy groups -OCH3 is 1. The standard InChI is InChI=1S/C31H27ClN8O3/c1-20-26(22-8-12-25(13-9-22)34-31(42)43-2)18-28(37-36-20)27(16-21-6-4-3-5-7-21)35-30(41)15-10-23-17-24(32)11-14-29(23)40-19-33-38-39-40/h3-15,17-19,27H,16H2,1-2H3,(H,34,42)(H,35,41)/b15-10+/t27-/m0/s1. The third-order valence-electron chi connectivity index (χ3n) is 6.58. The molecule has 11 nitrogen and oxygen atoms in total. The van der Waals surface area contributed by atoms with E-state index < -0.39 is 12.1 Å². The van der Waals surface area contributed by atoms with Gasteiger partial charge in [-0.2, -0.15) is 14.9 Å². The molecule has 0 unspecified atom stereocenters. The summed E-state index contributed by atoms with van der Waals surface area (Å²) in [6.07, 6.45) is 4.51. The van der Waals surface area contributed by atoms with Crippen LogP contribution in [0.5, 0.6) is 0 Å². The summed E-state index contributed by atoms with van der Waals surface area (Å²) in [6.45, 7) is 1.87. The molecule has 0 spiro atoms. The van der Waals surface area contributed by atoms with Crippen LogP contribution in [0.4, 0.5) is 10.5 Å². The van der Waals surface area contributed by atoms with Gasteiger partial charge in [-0.25, -0.2) is 4.79 Å². The van der Waals surface area contributed by atoms with Crippen LogP contribution in [0.15, 0.2) is 91.3 Å². The molecule has 0 radical (unpaired) electrons. The number of hydrogen-bond donors (Lipinski definition) is 2. The Bertz CT molecular complexity index is 1740. The molecule has 0 aliphatic rings. The Morgan fingerprint density at radius 2 is 1.81 bits per heavy atom. The molecular weight excluding hydrogens is 568 g/mol. The molecule has 1 atom stereocenters. The minimum atomic E-state index is -0.549. The molecule has 0 saturated heterocycles. The second-order valence-corrected chi connectivity index (χ2v) is 9.94. The van der Waals surface area contributed by atoms with E-state index >= 15 is 0 Å². The molecule has 0 aliphatic heterocycles. The van der Waals surface area contributed by atoms with E-state index in [4.69, 9.17) is 11.6 Å². The minimum absolute atomic E-state index is 0.328. The summed E-state index contributed by atoms with van der Waals surface area (Å²) in [7, 11) is 1.31. The summed E-state index contributed by atoms with van der Waals surface area (Å²) in [5, 5.41) is 26.4. The molecule has 0 fully saturated rings. The number of nitrogens with one attached hydrogen (secondary N) is 2. The first-order chi connectivity index (χ1) is 20.9. The fourth-order valence-corrected chi connectivity index (χ4v) is 4.62. The van der Waals surface area contributed by atoms with Crippen LogP contribution in [0.25, 0.3) is 22.9 Å². The smallest absolute Gasteiger partial charge is 0.411 e. The fraction of sp³-hybridized carbons (Fsp3) is 0.129. The fourth-order valence-electron chi connectivity index (χ4n) is 4.44. The Balaban J connectivity index is 1.42. The number of rotatable bonds is 9. The molecule has 43 heavy (non-hydrogen) atoms. The molecule has 2 amide bonds. The van der Waals surface area contributed by atoms with Crippen molar-refractivity contribution in [2.24, 2.45) is 0 Å².